The lowest BCUT2D eigenvalue weighted by Gasteiger charge is -2.18. The number of nitrogens with zero attached hydrogens (tertiary/aromatic N) is 1. The van der Waals surface area contributed by atoms with Crippen LogP contribution < -0.4 is 5.32 Å². The van der Waals surface area contributed by atoms with Crippen LogP contribution in [0.15, 0.2) is 46.9 Å². The summed E-state index contributed by atoms with van der Waals surface area (Å²) in [4.78, 5) is 12.2. The highest BCUT2D eigenvalue weighted by Crippen LogP contribution is 2.19. The molecule has 27 heavy (non-hydrogen) atoms. The van der Waals surface area contributed by atoms with Crippen molar-refractivity contribution in [3.63, 3.8) is 0 Å². The Morgan fingerprint density at radius 1 is 1.15 bits per heavy atom. The van der Waals surface area contributed by atoms with Crippen LogP contribution in [0.2, 0.25) is 0 Å². The lowest BCUT2D eigenvalue weighted by atomic mass is 9.97. The molecule has 148 valence electrons. The minimum atomic E-state index is -3.45. The molecule has 2 rings (SSSR count). The van der Waals surface area contributed by atoms with E-state index in [1.807, 2.05) is 13.8 Å². The molecule has 1 aliphatic rings. The van der Waals surface area contributed by atoms with Gasteiger partial charge in [-0.05, 0) is 55.9 Å². The molecule has 1 aromatic carbocycles. The lowest BCUT2D eigenvalue weighted by molar-refractivity contribution is -0.116. The van der Waals surface area contributed by atoms with Gasteiger partial charge in [0, 0.05) is 25.7 Å². The first kappa shape index (κ1) is 21.4. The van der Waals surface area contributed by atoms with Crippen LogP contribution >= 0.6 is 0 Å². The maximum Gasteiger partial charge on any atom is 0.244 e. The molecule has 0 radical (unpaired) electrons. The maximum absolute atomic E-state index is 12.5. The quantitative estimate of drug-likeness (QED) is 0.516. The summed E-state index contributed by atoms with van der Waals surface area (Å²) >= 11 is 0. The monoisotopic (exact) mass is 390 g/mol. The topological polar surface area (TPSA) is 66.5 Å². The second-order valence-electron chi connectivity index (χ2n) is 6.64. The molecular weight excluding hydrogens is 360 g/mol. The van der Waals surface area contributed by atoms with E-state index in [1.165, 1.54) is 28.8 Å². The van der Waals surface area contributed by atoms with Gasteiger partial charge in [-0.2, -0.15) is 4.31 Å². The number of benzene rings is 1. The van der Waals surface area contributed by atoms with Gasteiger partial charge < -0.3 is 5.32 Å². The Hall–Kier alpha value is -1.92. The van der Waals surface area contributed by atoms with Crippen molar-refractivity contribution in [2.75, 3.05) is 19.6 Å². The van der Waals surface area contributed by atoms with Gasteiger partial charge in [0.2, 0.25) is 15.9 Å². The second kappa shape index (κ2) is 10.4. The maximum atomic E-state index is 12.5. The molecule has 0 unspecified atom stereocenters. The van der Waals surface area contributed by atoms with Crippen LogP contribution in [0.3, 0.4) is 0 Å². The van der Waals surface area contributed by atoms with Crippen LogP contribution in [0.4, 0.5) is 0 Å². The van der Waals surface area contributed by atoms with Gasteiger partial charge in [0.15, 0.2) is 0 Å². The molecule has 0 heterocycles. The number of carbonyl (C=O) groups is 1. The van der Waals surface area contributed by atoms with Crippen molar-refractivity contribution in [1.82, 2.24) is 9.62 Å². The molecule has 1 aliphatic carbocycles. The molecule has 0 atom stereocenters. The van der Waals surface area contributed by atoms with Gasteiger partial charge in [-0.15, -0.1) is 0 Å². The van der Waals surface area contributed by atoms with Crippen molar-refractivity contribution < 1.29 is 13.2 Å². The summed E-state index contributed by atoms with van der Waals surface area (Å²) in [6.07, 6.45) is 11.2. The van der Waals surface area contributed by atoms with E-state index in [1.54, 1.807) is 30.3 Å². The van der Waals surface area contributed by atoms with E-state index in [-0.39, 0.29) is 10.8 Å². The summed E-state index contributed by atoms with van der Waals surface area (Å²) in [6.45, 7) is 5.17. The highest BCUT2D eigenvalue weighted by molar-refractivity contribution is 7.89. The lowest BCUT2D eigenvalue weighted by Crippen LogP contribution is -2.30. The zero-order valence-corrected chi connectivity index (χ0v) is 17.1. The first-order valence-electron chi connectivity index (χ1n) is 9.71. The van der Waals surface area contributed by atoms with Gasteiger partial charge in [0.1, 0.15) is 0 Å². The highest BCUT2D eigenvalue weighted by atomic mass is 32.2. The summed E-state index contributed by atoms with van der Waals surface area (Å²) in [5, 5.41) is 2.90. The van der Waals surface area contributed by atoms with Crippen molar-refractivity contribution in [3.8, 4) is 0 Å². The van der Waals surface area contributed by atoms with E-state index in [2.05, 4.69) is 11.4 Å². The van der Waals surface area contributed by atoms with E-state index in [0.29, 0.717) is 19.6 Å². The Kier molecular flexibility index (Phi) is 8.25. The van der Waals surface area contributed by atoms with Crippen molar-refractivity contribution in [2.24, 2.45) is 0 Å². The fourth-order valence-corrected chi connectivity index (χ4v) is 4.63. The smallest absolute Gasteiger partial charge is 0.244 e. The minimum Gasteiger partial charge on any atom is -0.352 e. The summed E-state index contributed by atoms with van der Waals surface area (Å²) in [7, 11) is -3.45. The minimum absolute atomic E-state index is 0.133. The zero-order chi connectivity index (χ0) is 19.7. The zero-order valence-electron chi connectivity index (χ0n) is 16.3. The van der Waals surface area contributed by atoms with Crippen molar-refractivity contribution >= 4 is 22.0 Å². The summed E-state index contributed by atoms with van der Waals surface area (Å²) in [5.41, 5.74) is 2.23. The average molecular weight is 391 g/mol. The third-order valence-corrected chi connectivity index (χ3v) is 6.84. The van der Waals surface area contributed by atoms with Crippen LogP contribution in [0.1, 0.15) is 51.5 Å². The van der Waals surface area contributed by atoms with Gasteiger partial charge in [0.05, 0.1) is 4.90 Å². The first-order valence-corrected chi connectivity index (χ1v) is 11.2. The Balaban J connectivity index is 1.87. The average Bonchev–Trinajstić information content (AvgIpc) is 2.68. The number of sulfonamides is 1. The Morgan fingerprint density at radius 3 is 2.44 bits per heavy atom. The summed E-state index contributed by atoms with van der Waals surface area (Å²) < 4.78 is 26.3. The van der Waals surface area contributed by atoms with Gasteiger partial charge in [-0.3, -0.25) is 4.79 Å². The van der Waals surface area contributed by atoms with Crippen LogP contribution in [-0.4, -0.2) is 38.3 Å². The standard InChI is InChI=1S/C21H30N2O3S/c1-3-23(4-2)27(25,26)20-13-10-19(11-14-20)12-15-21(24)22-17-16-18-8-6-5-7-9-18/h8,10-15H,3-7,9,16-17H2,1-2H3,(H,22,24). The number of rotatable bonds is 9. The number of nitrogens with one attached hydrogen (secondary N) is 1. The predicted molar refractivity (Wildman–Crippen MR) is 110 cm³/mol. The van der Waals surface area contributed by atoms with Gasteiger partial charge >= 0.3 is 0 Å². The van der Waals surface area contributed by atoms with E-state index >= 15 is 0 Å². The predicted octanol–water partition coefficient (Wildman–Crippen LogP) is 3.74. The van der Waals surface area contributed by atoms with Crippen LogP contribution in [0.5, 0.6) is 0 Å². The normalized spacial score (nSPS) is 15.1. The summed E-state index contributed by atoms with van der Waals surface area (Å²) in [5.74, 6) is -0.133. The number of hydrogen-bond donors (Lipinski definition) is 1. The van der Waals surface area contributed by atoms with Gasteiger partial charge in [0.25, 0.3) is 0 Å². The number of amides is 1. The Morgan fingerprint density at radius 2 is 1.85 bits per heavy atom. The molecule has 0 fully saturated rings. The fraction of sp³-hybridized carbons (Fsp3) is 0.476. The molecule has 1 aromatic rings. The molecule has 0 aliphatic heterocycles. The molecule has 0 saturated carbocycles. The van der Waals surface area contributed by atoms with E-state index < -0.39 is 10.0 Å². The van der Waals surface area contributed by atoms with Crippen LogP contribution in [0, 0.1) is 0 Å². The Bertz CT molecular complexity index is 776. The molecule has 0 spiro atoms. The van der Waals surface area contributed by atoms with E-state index in [0.717, 1.165) is 24.8 Å². The van der Waals surface area contributed by atoms with Crippen molar-refractivity contribution in [3.05, 3.63) is 47.6 Å². The van der Waals surface area contributed by atoms with E-state index in [4.69, 9.17) is 0 Å². The first-order chi connectivity index (χ1) is 13.0. The SMILES string of the molecule is CCN(CC)S(=O)(=O)c1ccc(C=CC(=O)NCCC2=CCCCC2)cc1. The van der Waals surface area contributed by atoms with Crippen molar-refractivity contribution in [1.29, 1.82) is 0 Å². The van der Waals surface area contributed by atoms with Crippen molar-refractivity contribution in [2.45, 2.75) is 50.8 Å². The van der Waals surface area contributed by atoms with E-state index in [9.17, 15) is 13.2 Å². The molecule has 1 amide bonds. The number of allylic oxidation sites excluding steroid dienone is 1. The second-order valence-corrected chi connectivity index (χ2v) is 8.58. The molecule has 0 saturated heterocycles. The highest BCUT2D eigenvalue weighted by Gasteiger charge is 2.20. The molecule has 0 aromatic heterocycles. The van der Waals surface area contributed by atoms with Crippen LogP contribution in [0.25, 0.3) is 6.08 Å². The largest absolute Gasteiger partial charge is 0.352 e. The number of carbonyl (C=O) groups excluding carboxylic acids is 1. The molecule has 0 bridgehead atoms. The molecule has 1 N–H and O–H groups in total. The Labute approximate surface area is 163 Å². The molecular formula is C21H30N2O3S. The molecule has 6 heteroatoms. The number of hydrogen-bond acceptors (Lipinski definition) is 3. The third-order valence-electron chi connectivity index (χ3n) is 4.78. The fourth-order valence-electron chi connectivity index (χ4n) is 3.17. The van der Waals surface area contributed by atoms with Crippen LogP contribution in [-0.2, 0) is 14.8 Å². The van der Waals surface area contributed by atoms with Gasteiger partial charge in [-0.25, -0.2) is 8.42 Å². The third kappa shape index (κ3) is 6.33. The molecule has 5 nitrogen and oxygen atoms in total. The summed E-state index contributed by atoms with van der Waals surface area (Å²) in [6, 6.07) is 6.60. The van der Waals surface area contributed by atoms with Gasteiger partial charge in [-0.1, -0.05) is 37.6 Å².